The number of benzene rings is 1. The van der Waals surface area contributed by atoms with Gasteiger partial charge in [0, 0.05) is 18.8 Å². The van der Waals surface area contributed by atoms with Gasteiger partial charge in [0.1, 0.15) is 17.7 Å². The minimum absolute atomic E-state index is 0.125. The minimum atomic E-state index is -0.125. The molecule has 7 nitrogen and oxygen atoms in total. The lowest BCUT2D eigenvalue weighted by Gasteiger charge is -2.23. The number of aromatic nitrogens is 2. The van der Waals surface area contributed by atoms with Gasteiger partial charge >= 0.3 is 0 Å². The Balaban J connectivity index is 1.55. The zero-order chi connectivity index (χ0) is 21.1. The van der Waals surface area contributed by atoms with Crippen LogP contribution in [0.5, 0.6) is 0 Å². The SMILES string of the molecule is CC(=Nc1c(C)ncnc1N1CCc2cc(C)ccc21)C(=O)NCC1CCNCC1. The third-order valence-electron chi connectivity index (χ3n) is 5.99. The van der Waals surface area contributed by atoms with Crippen molar-refractivity contribution >= 4 is 28.8 Å². The second kappa shape index (κ2) is 8.92. The summed E-state index contributed by atoms with van der Waals surface area (Å²) in [6.07, 6.45) is 4.74. The van der Waals surface area contributed by atoms with Crippen LogP contribution in [0.1, 0.15) is 36.6 Å². The number of aryl methyl sites for hydroxylation is 2. The first-order chi connectivity index (χ1) is 14.5. The van der Waals surface area contributed by atoms with Gasteiger partial charge in [0.05, 0.1) is 5.69 Å². The molecule has 4 rings (SSSR count). The highest BCUT2D eigenvalue weighted by Gasteiger charge is 2.25. The van der Waals surface area contributed by atoms with E-state index in [9.17, 15) is 4.79 Å². The lowest BCUT2D eigenvalue weighted by molar-refractivity contribution is -0.115. The molecule has 0 radical (unpaired) electrons. The van der Waals surface area contributed by atoms with E-state index in [-0.39, 0.29) is 5.91 Å². The summed E-state index contributed by atoms with van der Waals surface area (Å²) >= 11 is 0. The Morgan fingerprint density at radius 3 is 2.87 bits per heavy atom. The number of aliphatic imine (C=N–C) groups is 1. The lowest BCUT2D eigenvalue weighted by Crippen LogP contribution is -2.38. The number of piperidine rings is 1. The number of anilines is 2. The molecule has 1 amide bonds. The maximum atomic E-state index is 12.7. The Morgan fingerprint density at radius 2 is 2.07 bits per heavy atom. The fourth-order valence-corrected chi connectivity index (χ4v) is 4.20. The van der Waals surface area contributed by atoms with Crippen molar-refractivity contribution in [3.05, 3.63) is 41.3 Å². The fraction of sp³-hybridized carbons (Fsp3) is 0.478. The van der Waals surface area contributed by atoms with Crippen LogP contribution in [0.25, 0.3) is 0 Å². The Bertz CT molecular complexity index is 964. The average molecular weight is 407 g/mol. The molecular weight excluding hydrogens is 376 g/mol. The third kappa shape index (κ3) is 4.36. The predicted octanol–water partition coefficient (Wildman–Crippen LogP) is 3.00. The van der Waals surface area contributed by atoms with Crippen LogP contribution in [0.15, 0.2) is 29.5 Å². The van der Waals surface area contributed by atoms with Crippen molar-refractivity contribution in [3.8, 4) is 0 Å². The van der Waals surface area contributed by atoms with Gasteiger partial charge in [-0.15, -0.1) is 0 Å². The van der Waals surface area contributed by atoms with Gasteiger partial charge < -0.3 is 15.5 Å². The minimum Gasteiger partial charge on any atom is -0.351 e. The Kier molecular flexibility index (Phi) is 6.08. The van der Waals surface area contributed by atoms with E-state index in [1.54, 1.807) is 13.3 Å². The van der Waals surface area contributed by atoms with Crippen molar-refractivity contribution in [1.82, 2.24) is 20.6 Å². The van der Waals surface area contributed by atoms with E-state index in [0.717, 1.165) is 56.1 Å². The number of hydrogen-bond acceptors (Lipinski definition) is 6. The first-order valence-corrected chi connectivity index (χ1v) is 10.8. The van der Waals surface area contributed by atoms with Gasteiger partial charge in [0.15, 0.2) is 5.82 Å². The number of hydrogen-bond donors (Lipinski definition) is 2. The molecule has 0 bridgehead atoms. The lowest BCUT2D eigenvalue weighted by atomic mass is 9.98. The maximum Gasteiger partial charge on any atom is 0.265 e. The number of carbonyl (C=O) groups excluding carboxylic acids is 1. The molecule has 0 spiro atoms. The predicted molar refractivity (Wildman–Crippen MR) is 120 cm³/mol. The summed E-state index contributed by atoms with van der Waals surface area (Å²) in [6.45, 7) is 9.37. The molecule has 2 aromatic rings. The van der Waals surface area contributed by atoms with Gasteiger partial charge in [-0.05, 0) is 70.7 Å². The highest BCUT2D eigenvalue weighted by atomic mass is 16.1. The molecule has 0 aliphatic carbocycles. The van der Waals surface area contributed by atoms with Crippen LogP contribution in [0, 0.1) is 19.8 Å². The number of nitrogens with one attached hydrogen (secondary N) is 2. The smallest absolute Gasteiger partial charge is 0.265 e. The molecule has 7 heteroatoms. The maximum absolute atomic E-state index is 12.7. The van der Waals surface area contributed by atoms with Crippen molar-refractivity contribution in [2.24, 2.45) is 10.9 Å². The van der Waals surface area contributed by atoms with E-state index in [1.165, 1.54) is 11.1 Å². The monoisotopic (exact) mass is 406 g/mol. The molecule has 1 saturated heterocycles. The fourth-order valence-electron chi connectivity index (χ4n) is 4.20. The Labute approximate surface area is 178 Å². The molecule has 0 atom stereocenters. The molecule has 2 aliphatic heterocycles. The van der Waals surface area contributed by atoms with Crippen LogP contribution in [0.2, 0.25) is 0 Å². The molecule has 2 N–H and O–H groups in total. The van der Waals surface area contributed by atoms with Gasteiger partial charge in [0.2, 0.25) is 0 Å². The summed E-state index contributed by atoms with van der Waals surface area (Å²) in [4.78, 5) is 28.4. The normalized spacial score (nSPS) is 17.2. The van der Waals surface area contributed by atoms with Crippen LogP contribution in [-0.4, -0.2) is 47.8 Å². The summed E-state index contributed by atoms with van der Waals surface area (Å²) in [5, 5.41) is 6.40. The van der Waals surface area contributed by atoms with Gasteiger partial charge in [-0.25, -0.2) is 15.0 Å². The van der Waals surface area contributed by atoms with E-state index < -0.39 is 0 Å². The van der Waals surface area contributed by atoms with E-state index in [4.69, 9.17) is 0 Å². The zero-order valence-corrected chi connectivity index (χ0v) is 18.0. The van der Waals surface area contributed by atoms with Crippen LogP contribution in [-0.2, 0) is 11.2 Å². The molecule has 30 heavy (non-hydrogen) atoms. The number of fused-ring (bicyclic) bond motifs is 1. The van der Waals surface area contributed by atoms with E-state index in [0.29, 0.717) is 23.9 Å². The highest BCUT2D eigenvalue weighted by Crippen LogP contribution is 2.39. The molecule has 1 aromatic heterocycles. The van der Waals surface area contributed by atoms with Crippen molar-refractivity contribution in [2.75, 3.05) is 31.1 Å². The highest BCUT2D eigenvalue weighted by molar-refractivity contribution is 6.38. The van der Waals surface area contributed by atoms with Crippen LogP contribution < -0.4 is 15.5 Å². The number of carbonyl (C=O) groups is 1. The number of amides is 1. The van der Waals surface area contributed by atoms with E-state index in [2.05, 4.69) is 55.6 Å². The zero-order valence-electron chi connectivity index (χ0n) is 18.0. The Hall–Kier alpha value is -2.80. The number of nitrogens with zero attached hydrogens (tertiary/aromatic N) is 4. The van der Waals surface area contributed by atoms with Crippen molar-refractivity contribution < 1.29 is 4.79 Å². The van der Waals surface area contributed by atoms with Gasteiger partial charge in [0.25, 0.3) is 5.91 Å². The molecule has 0 unspecified atom stereocenters. The van der Waals surface area contributed by atoms with Gasteiger partial charge in [-0.2, -0.15) is 0 Å². The first kappa shape index (κ1) is 20.5. The third-order valence-corrected chi connectivity index (χ3v) is 5.99. The van der Waals surface area contributed by atoms with Crippen LogP contribution >= 0.6 is 0 Å². The van der Waals surface area contributed by atoms with Crippen molar-refractivity contribution in [3.63, 3.8) is 0 Å². The first-order valence-electron chi connectivity index (χ1n) is 10.8. The topological polar surface area (TPSA) is 82.5 Å². The summed E-state index contributed by atoms with van der Waals surface area (Å²) in [5.41, 5.74) is 5.60. The summed E-state index contributed by atoms with van der Waals surface area (Å²) in [6, 6.07) is 6.49. The summed E-state index contributed by atoms with van der Waals surface area (Å²) < 4.78 is 0. The molecule has 3 heterocycles. The second-order valence-corrected chi connectivity index (χ2v) is 8.27. The van der Waals surface area contributed by atoms with Crippen molar-refractivity contribution in [1.29, 1.82) is 0 Å². The standard InChI is InChI=1S/C23H30N6O/c1-15-4-5-20-19(12-15)8-11-29(20)22-21(16(2)26-14-27-22)28-17(3)23(30)25-13-18-6-9-24-10-7-18/h4-5,12,14,18,24H,6-11,13H2,1-3H3,(H,25,30). The van der Waals surface area contributed by atoms with Crippen molar-refractivity contribution in [2.45, 2.75) is 40.0 Å². The molecule has 158 valence electrons. The summed E-state index contributed by atoms with van der Waals surface area (Å²) in [5.74, 6) is 1.17. The Morgan fingerprint density at radius 1 is 1.27 bits per heavy atom. The second-order valence-electron chi connectivity index (χ2n) is 8.27. The molecule has 0 saturated carbocycles. The molecule has 1 fully saturated rings. The molecule has 2 aliphatic rings. The molecular formula is C23H30N6O. The van der Waals surface area contributed by atoms with Gasteiger partial charge in [-0.1, -0.05) is 17.7 Å². The van der Waals surface area contributed by atoms with Crippen LogP contribution in [0.3, 0.4) is 0 Å². The van der Waals surface area contributed by atoms with E-state index >= 15 is 0 Å². The van der Waals surface area contributed by atoms with Gasteiger partial charge in [-0.3, -0.25) is 4.79 Å². The number of rotatable bonds is 5. The largest absolute Gasteiger partial charge is 0.351 e. The average Bonchev–Trinajstić information content (AvgIpc) is 3.16. The quantitative estimate of drug-likeness (QED) is 0.746. The summed E-state index contributed by atoms with van der Waals surface area (Å²) in [7, 11) is 0. The van der Waals surface area contributed by atoms with E-state index in [1.807, 2.05) is 6.92 Å². The van der Waals surface area contributed by atoms with Crippen LogP contribution in [0.4, 0.5) is 17.2 Å². The molecule has 1 aromatic carbocycles.